The predicted octanol–water partition coefficient (Wildman–Crippen LogP) is 3.45. The van der Waals surface area contributed by atoms with Crippen molar-refractivity contribution in [3.8, 4) is 11.4 Å². The number of amides is 1. The summed E-state index contributed by atoms with van der Waals surface area (Å²) < 4.78 is 33.2. The molecule has 0 bridgehead atoms. The van der Waals surface area contributed by atoms with Crippen molar-refractivity contribution in [1.82, 2.24) is 24.6 Å². The van der Waals surface area contributed by atoms with Crippen LogP contribution in [0.25, 0.3) is 27.8 Å². The van der Waals surface area contributed by atoms with E-state index in [0.29, 0.717) is 29.5 Å². The lowest BCUT2D eigenvalue weighted by atomic mass is 10.1. The van der Waals surface area contributed by atoms with E-state index >= 15 is 0 Å². The van der Waals surface area contributed by atoms with Gasteiger partial charge in [0.2, 0.25) is 12.3 Å². The third-order valence-electron chi connectivity index (χ3n) is 6.92. The number of pyridine rings is 3. The summed E-state index contributed by atoms with van der Waals surface area (Å²) in [6, 6.07) is 5.65. The molecule has 1 aliphatic heterocycles. The number of hydrogen-bond acceptors (Lipinski definition) is 8. The molecule has 192 valence electrons. The molecule has 5 heterocycles. The Morgan fingerprint density at radius 2 is 2.08 bits per heavy atom. The molecule has 12 heteroatoms. The van der Waals surface area contributed by atoms with Crippen LogP contribution in [0.3, 0.4) is 0 Å². The number of rotatable bonds is 6. The Morgan fingerprint density at radius 1 is 1.22 bits per heavy atom. The fourth-order valence-corrected chi connectivity index (χ4v) is 4.82. The molecular formula is C25H26F2N8O2. The number of carbonyl (C=O) groups excluding carboxylic acids is 1. The minimum atomic E-state index is -2.50. The van der Waals surface area contributed by atoms with E-state index < -0.39 is 24.2 Å². The highest BCUT2D eigenvalue weighted by molar-refractivity contribution is 6.03. The van der Waals surface area contributed by atoms with Crippen LogP contribution < -0.4 is 15.5 Å². The molecule has 3 atom stereocenters. The quantitative estimate of drug-likeness (QED) is 0.408. The summed E-state index contributed by atoms with van der Waals surface area (Å²) in [6.45, 7) is 4.33. The number of nitrogens with zero attached hydrogens (tertiary/aromatic N) is 6. The van der Waals surface area contributed by atoms with Crippen LogP contribution in [0.5, 0.6) is 0 Å². The number of fused-ring (bicyclic) bond motifs is 2. The number of morpholine rings is 1. The SMILES string of the molecule is CNc1ncc(-c2nc3ccc(N4CCO[C@@H](C)C4)cn3n2)c2cc(NC(=O)[C@H]3C[C@H]3C(F)F)ncc12. The van der Waals surface area contributed by atoms with Crippen molar-refractivity contribution in [2.75, 3.05) is 42.3 Å². The third kappa shape index (κ3) is 4.41. The molecule has 1 amide bonds. The third-order valence-corrected chi connectivity index (χ3v) is 6.92. The molecule has 2 fully saturated rings. The molecule has 0 radical (unpaired) electrons. The standard InChI is InChI=1S/C25H26F2N8O2/c1-13-11-34(5-6-37-13)14-3-4-21-32-24(33-35(21)12-14)19-10-30-23(28-2)18-9-29-20(8-15(18)19)31-25(36)17-7-16(17)22(26)27/h3-4,8-10,12-13,16-17,22H,5-7,11H2,1-2H3,(H,28,30)(H,29,31,36)/t13-,16+,17-/m0/s1. The van der Waals surface area contributed by atoms with Crippen molar-refractivity contribution < 1.29 is 18.3 Å². The number of halogens is 2. The zero-order valence-electron chi connectivity index (χ0n) is 20.4. The van der Waals surface area contributed by atoms with Crippen LogP contribution in [0.1, 0.15) is 13.3 Å². The van der Waals surface area contributed by atoms with E-state index in [4.69, 9.17) is 14.8 Å². The van der Waals surface area contributed by atoms with Crippen LogP contribution in [0.4, 0.5) is 26.1 Å². The highest BCUT2D eigenvalue weighted by Gasteiger charge is 2.48. The molecule has 4 aromatic heterocycles. The van der Waals surface area contributed by atoms with Gasteiger partial charge in [0, 0.05) is 60.7 Å². The molecule has 6 rings (SSSR count). The molecule has 37 heavy (non-hydrogen) atoms. The van der Waals surface area contributed by atoms with E-state index in [-0.39, 0.29) is 18.3 Å². The van der Waals surface area contributed by atoms with Crippen molar-refractivity contribution in [2.24, 2.45) is 11.8 Å². The number of anilines is 3. The summed E-state index contributed by atoms with van der Waals surface area (Å²) in [5.74, 6) is -0.667. The Morgan fingerprint density at radius 3 is 2.84 bits per heavy atom. The van der Waals surface area contributed by atoms with Gasteiger partial charge in [-0.1, -0.05) is 0 Å². The zero-order chi connectivity index (χ0) is 25.7. The molecular weight excluding hydrogens is 482 g/mol. The van der Waals surface area contributed by atoms with Crippen LogP contribution in [0.2, 0.25) is 0 Å². The van der Waals surface area contributed by atoms with Gasteiger partial charge in [0.25, 0.3) is 0 Å². The number of aromatic nitrogens is 5. The summed E-state index contributed by atoms with van der Waals surface area (Å²) in [4.78, 5) is 28.2. The Balaban J connectivity index is 1.35. The average molecular weight is 509 g/mol. The van der Waals surface area contributed by atoms with Gasteiger partial charge >= 0.3 is 0 Å². The van der Waals surface area contributed by atoms with Gasteiger partial charge in [0.15, 0.2) is 11.5 Å². The maximum atomic E-state index is 12.9. The van der Waals surface area contributed by atoms with Crippen LogP contribution in [-0.2, 0) is 9.53 Å². The average Bonchev–Trinajstić information content (AvgIpc) is 3.60. The summed E-state index contributed by atoms with van der Waals surface area (Å²) in [6.07, 6.45) is 3.06. The highest BCUT2D eigenvalue weighted by Crippen LogP contribution is 2.43. The first kappa shape index (κ1) is 23.5. The zero-order valence-corrected chi connectivity index (χ0v) is 20.4. The minimum absolute atomic E-state index is 0.156. The van der Waals surface area contributed by atoms with Gasteiger partial charge in [-0.05, 0) is 31.5 Å². The lowest BCUT2D eigenvalue weighted by Gasteiger charge is -2.32. The van der Waals surface area contributed by atoms with Crippen molar-refractivity contribution in [1.29, 1.82) is 0 Å². The second kappa shape index (κ2) is 9.18. The van der Waals surface area contributed by atoms with Gasteiger partial charge in [0.05, 0.1) is 24.6 Å². The number of carbonyl (C=O) groups is 1. The molecule has 2 aliphatic rings. The normalized spacial score (nSPS) is 21.5. The van der Waals surface area contributed by atoms with Crippen molar-refractivity contribution in [3.05, 3.63) is 36.8 Å². The van der Waals surface area contributed by atoms with E-state index in [1.54, 1.807) is 30.0 Å². The van der Waals surface area contributed by atoms with E-state index in [1.165, 1.54) is 0 Å². The highest BCUT2D eigenvalue weighted by atomic mass is 19.3. The largest absolute Gasteiger partial charge is 0.375 e. The molecule has 4 aromatic rings. The summed E-state index contributed by atoms with van der Waals surface area (Å²) >= 11 is 0. The van der Waals surface area contributed by atoms with Gasteiger partial charge in [-0.3, -0.25) is 4.79 Å². The molecule has 0 spiro atoms. The fourth-order valence-electron chi connectivity index (χ4n) is 4.82. The van der Waals surface area contributed by atoms with Crippen LogP contribution >= 0.6 is 0 Å². The van der Waals surface area contributed by atoms with Crippen molar-refractivity contribution in [3.63, 3.8) is 0 Å². The lowest BCUT2D eigenvalue weighted by Crippen LogP contribution is -2.41. The van der Waals surface area contributed by atoms with Crippen molar-refractivity contribution >= 4 is 39.6 Å². The first-order chi connectivity index (χ1) is 17.9. The molecule has 1 saturated carbocycles. The number of hydrogen-bond donors (Lipinski definition) is 2. The Hall–Kier alpha value is -3.93. The molecule has 1 saturated heterocycles. The van der Waals surface area contributed by atoms with Crippen LogP contribution in [-0.4, -0.2) is 69.7 Å². The fraction of sp³-hybridized carbons (Fsp3) is 0.400. The minimum Gasteiger partial charge on any atom is -0.375 e. The van der Waals surface area contributed by atoms with Gasteiger partial charge in [0.1, 0.15) is 11.6 Å². The second-order valence-corrected chi connectivity index (χ2v) is 9.47. The topological polar surface area (TPSA) is 110 Å². The lowest BCUT2D eigenvalue weighted by molar-refractivity contribution is -0.118. The van der Waals surface area contributed by atoms with Crippen molar-refractivity contribution in [2.45, 2.75) is 25.9 Å². The monoisotopic (exact) mass is 508 g/mol. The van der Waals surface area contributed by atoms with E-state index in [2.05, 4.69) is 32.4 Å². The summed E-state index contributed by atoms with van der Waals surface area (Å²) in [7, 11) is 1.76. The van der Waals surface area contributed by atoms with Crippen LogP contribution in [0.15, 0.2) is 36.8 Å². The Labute approximate surface area is 211 Å². The molecule has 0 aromatic carbocycles. The van der Waals surface area contributed by atoms with Crippen LogP contribution in [0, 0.1) is 11.8 Å². The molecule has 10 nitrogen and oxygen atoms in total. The van der Waals surface area contributed by atoms with Gasteiger partial charge in [-0.2, -0.15) is 0 Å². The first-order valence-electron chi connectivity index (χ1n) is 12.2. The molecule has 1 aliphatic carbocycles. The maximum absolute atomic E-state index is 12.9. The smallest absolute Gasteiger partial charge is 0.242 e. The van der Waals surface area contributed by atoms with Gasteiger partial charge in [-0.25, -0.2) is 28.2 Å². The Kier molecular flexibility index (Phi) is 5.82. The predicted molar refractivity (Wildman–Crippen MR) is 135 cm³/mol. The van der Waals surface area contributed by atoms with E-state index in [1.807, 2.05) is 18.3 Å². The molecule has 2 N–H and O–H groups in total. The summed E-state index contributed by atoms with van der Waals surface area (Å²) in [5, 5.41) is 11.9. The maximum Gasteiger partial charge on any atom is 0.242 e. The first-order valence-corrected chi connectivity index (χ1v) is 12.2. The Bertz CT molecular complexity index is 1490. The molecule has 0 unspecified atom stereocenters. The number of ether oxygens (including phenoxy) is 1. The van der Waals surface area contributed by atoms with Gasteiger partial charge in [-0.15, -0.1) is 5.10 Å². The van der Waals surface area contributed by atoms with E-state index in [0.717, 1.165) is 29.5 Å². The summed E-state index contributed by atoms with van der Waals surface area (Å²) in [5.41, 5.74) is 2.37. The number of nitrogens with one attached hydrogen (secondary N) is 2. The van der Waals surface area contributed by atoms with Gasteiger partial charge < -0.3 is 20.3 Å². The number of alkyl halides is 2. The second-order valence-electron chi connectivity index (χ2n) is 9.47. The van der Waals surface area contributed by atoms with E-state index in [9.17, 15) is 13.6 Å².